The third kappa shape index (κ3) is 4.37. The zero-order valence-corrected chi connectivity index (χ0v) is 12.9. The van der Waals surface area contributed by atoms with E-state index < -0.39 is 0 Å². The summed E-state index contributed by atoms with van der Waals surface area (Å²) < 4.78 is 0. The summed E-state index contributed by atoms with van der Waals surface area (Å²) in [4.78, 5) is 2.96. The van der Waals surface area contributed by atoms with Crippen LogP contribution in [-0.2, 0) is 0 Å². The van der Waals surface area contributed by atoms with Crippen molar-refractivity contribution in [3.8, 4) is 0 Å². The summed E-state index contributed by atoms with van der Waals surface area (Å²) in [6.07, 6.45) is 0. The molecular weight excluding hydrogens is 274 g/mol. The second kappa shape index (κ2) is 7.12. The Morgan fingerprint density at radius 3 is 2.84 bits per heavy atom. The van der Waals surface area contributed by atoms with E-state index in [-0.39, 0.29) is 0 Å². The molecule has 1 aliphatic heterocycles. The Bertz CT molecular complexity index is 442. The highest BCUT2D eigenvalue weighted by molar-refractivity contribution is 7.99. The molecule has 0 aromatic heterocycles. The van der Waals surface area contributed by atoms with Crippen LogP contribution >= 0.6 is 24.0 Å². The summed E-state index contributed by atoms with van der Waals surface area (Å²) in [5, 5.41) is 3.47. The van der Waals surface area contributed by atoms with Gasteiger partial charge < -0.3 is 11.1 Å². The van der Waals surface area contributed by atoms with E-state index >= 15 is 0 Å². The Morgan fingerprint density at radius 1 is 1.42 bits per heavy atom. The third-order valence-electron chi connectivity index (χ3n) is 3.29. The van der Waals surface area contributed by atoms with Crippen molar-refractivity contribution in [3.63, 3.8) is 0 Å². The molecule has 1 aromatic carbocycles. The lowest BCUT2D eigenvalue weighted by molar-refractivity contribution is 0.314. The van der Waals surface area contributed by atoms with Crippen molar-refractivity contribution < 1.29 is 0 Å². The average molecular weight is 295 g/mol. The largest absolute Gasteiger partial charge is 0.389 e. The molecular formula is C14H21N3S2. The first kappa shape index (κ1) is 14.6. The zero-order valence-electron chi connectivity index (χ0n) is 11.3. The second-order valence-electron chi connectivity index (χ2n) is 4.79. The standard InChI is InChI=1S/C14H21N3S2/c1-11-2-3-12(14(15)18)13(10-11)16-4-5-17-6-8-19-9-7-17/h2-3,10,16H,4-9H2,1H3,(H2,15,18). The van der Waals surface area contributed by atoms with Crippen LogP contribution in [0.25, 0.3) is 0 Å². The van der Waals surface area contributed by atoms with Crippen molar-refractivity contribution in [2.24, 2.45) is 5.73 Å². The van der Waals surface area contributed by atoms with Gasteiger partial charge in [0.2, 0.25) is 0 Å². The van der Waals surface area contributed by atoms with Crippen molar-refractivity contribution in [3.05, 3.63) is 29.3 Å². The van der Waals surface area contributed by atoms with Gasteiger partial charge in [0.05, 0.1) is 0 Å². The fourth-order valence-corrected chi connectivity index (χ4v) is 3.35. The van der Waals surface area contributed by atoms with Crippen LogP contribution in [0.15, 0.2) is 18.2 Å². The van der Waals surface area contributed by atoms with E-state index in [0.717, 1.165) is 24.3 Å². The number of nitrogens with one attached hydrogen (secondary N) is 1. The Labute approximate surface area is 124 Å². The summed E-state index contributed by atoms with van der Waals surface area (Å²) in [6, 6.07) is 6.15. The summed E-state index contributed by atoms with van der Waals surface area (Å²) in [5.74, 6) is 2.51. The van der Waals surface area contributed by atoms with Crippen molar-refractivity contribution in [1.29, 1.82) is 0 Å². The summed E-state index contributed by atoms with van der Waals surface area (Å²) in [5.41, 5.74) is 8.97. The fraction of sp³-hybridized carbons (Fsp3) is 0.500. The predicted octanol–water partition coefficient (Wildman–Crippen LogP) is 2.09. The molecule has 0 spiro atoms. The van der Waals surface area contributed by atoms with Gasteiger partial charge in [0, 0.05) is 48.9 Å². The van der Waals surface area contributed by atoms with Gasteiger partial charge in [-0.05, 0) is 24.6 Å². The highest BCUT2D eigenvalue weighted by atomic mass is 32.2. The van der Waals surface area contributed by atoms with E-state index in [1.165, 1.54) is 30.2 Å². The van der Waals surface area contributed by atoms with E-state index in [1.807, 2.05) is 23.9 Å². The van der Waals surface area contributed by atoms with Gasteiger partial charge in [-0.2, -0.15) is 11.8 Å². The van der Waals surface area contributed by atoms with Gasteiger partial charge in [-0.1, -0.05) is 18.3 Å². The molecule has 0 radical (unpaired) electrons. The molecule has 1 aliphatic rings. The molecule has 1 aromatic rings. The quantitative estimate of drug-likeness (QED) is 0.814. The zero-order chi connectivity index (χ0) is 13.7. The molecule has 0 bridgehead atoms. The van der Waals surface area contributed by atoms with Crippen LogP contribution in [0.2, 0.25) is 0 Å². The molecule has 2 rings (SSSR count). The van der Waals surface area contributed by atoms with Crippen LogP contribution in [0.5, 0.6) is 0 Å². The van der Waals surface area contributed by atoms with Crippen LogP contribution in [-0.4, -0.2) is 47.6 Å². The van der Waals surface area contributed by atoms with E-state index in [2.05, 4.69) is 23.2 Å². The molecule has 0 aliphatic carbocycles. The van der Waals surface area contributed by atoms with Gasteiger partial charge in [-0.25, -0.2) is 0 Å². The maximum Gasteiger partial charge on any atom is 0.106 e. The number of benzene rings is 1. The Kier molecular flexibility index (Phi) is 5.48. The number of thioether (sulfide) groups is 1. The summed E-state index contributed by atoms with van der Waals surface area (Å²) in [7, 11) is 0. The number of aryl methyl sites for hydroxylation is 1. The van der Waals surface area contributed by atoms with Crippen LogP contribution in [0.3, 0.4) is 0 Å². The number of rotatable bonds is 5. The lowest BCUT2D eigenvalue weighted by Gasteiger charge is -2.26. The van der Waals surface area contributed by atoms with Gasteiger partial charge in [-0.15, -0.1) is 0 Å². The molecule has 5 heteroatoms. The minimum atomic E-state index is 0.455. The monoisotopic (exact) mass is 295 g/mol. The Morgan fingerprint density at radius 2 is 2.16 bits per heavy atom. The molecule has 19 heavy (non-hydrogen) atoms. The molecule has 104 valence electrons. The molecule has 3 N–H and O–H groups in total. The number of nitrogens with zero attached hydrogens (tertiary/aromatic N) is 1. The van der Waals surface area contributed by atoms with Crippen LogP contribution in [0.4, 0.5) is 5.69 Å². The smallest absolute Gasteiger partial charge is 0.106 e. The van der Waals surface area contributed by atoms with Gasteiger partial charge in [0.1, 0.15) is 4.99 Å². The normalized spacial score (nSPS) is 16.3. The van der Waals surface area contributed by atoms with E-state index in [4.69, 9.17) is 18.0 Å². The summed E-state index contributed by atoms with van der Waals surface area (Å²) in [6.45, 7) is 6.48. The second-order valence-corrected chi connectivity index (χ2v) is 6.46. The highest BCUT2D eigenvalue weighted by Crippen LogP contribution is 2.17. The Hall–Kier alpha value is -0.780. The topological polar surface area (TPSA) is 41.3 Å². The SMILES string of the molecule is Cc1ccc(C(N)=S)c(NCCN2CCSCC2)c1. The molecule has 1 fully saturated rings. The number of thiocarbonyl (C=S) groups is 1. The van der Waals surface area contributed by atoms with Gasteiger partial charge in [0.15, 0.2) is 0 Å². The minimum Gasteiger partial charge on any atom is -0.389 e. The van der Waals surface area contributed by atoms with Gasteiger partial charge in [0.25, 0.3) is 0 Å². The van der Waals surface area contributed by atoms with Gasteiger partial charge in [-0.3, -0.25) is 4.90 Å². The fourth-order valence-electron chi connectivity index (χ4n) is 2.19. The average Bonchev–Trinajstić information content (AvgIpc) is 2.39. The number of nitrogens with two attached hydrogens (primary N) is 1. The third-order valence-corrected chi connectivity index (χ3v) is 4.45. The predicted molar refractivity (Wildman–Crippen MR) is 89.3 cm³/mol. The molecule has 0 atom stereocenters. The van der Waals surface area contributed by atoms with Crippen LogP contribution in [0, 0.1) is 6.92 Å². The molecule has 0 unspecified atom stereocenters. The Balaban J connectivity index is 1.91. The molecule has 0 saturated carbocycles. The van der Waals surface area contributed by atoms with Crippen molar-refractivity contribution in [1.82, 2.24) is 4.90 Å². The first-order chi connectivity index (χ1) is 9.16. The van der Waals surface area contributed by atoms with Crippen LogP contribution < -0.4 is 11.1 Å². The lowest BCUT2D eigenvalue weighted by atomic mass is 10.1. The maximum atomic E-state index is 5.76. The molecule has 3 nitrogen and oxygen atoms in total. The van der Waals surface area contributed by atoms with Crippen molar-refractivity contribution >= 4 is 34.7 Å². The molecule has 0 amide bonds. The van der Waals surface area contributed by atoms with Crippen LogP contribution in [0.1, 0.15) is 11.1 Å². The first-order valence-electron chi connectivity index (χ1n) is 6.61. The number of hydrogen-bond donors (Lipinski definition) is 2. The highest BCUT2D eigenvalue weighted by Gasteiger charge is 2.10. The number of anilines is 1. The van der Waals surface area contributed by atoms with E-state index in [1.54, 1.807) is 0 Å². The lowest BCUT2D eigenvalue weighted by Crippen LogP contribution is -2.36. The summed E-state index contributed by atoms with van der Waals surface area (Å²) >= 11 is 7.13. The first-order valence-corrected chi connectivity index (χ1v) is 8.17. The van der Waals surface area contributed by atoms with Crippen molar-refractivity contribution in [2.45, 2.75) is 6.92 Å². The van der Waals surface area contributed by atoms with Crippen molar-refractivity contribution in [2.75, 3.05) is 43.0 Å². The van der Waals surface area contributed by atoms with E-state index in [9.17, 15) is 0 Å². The maximum absolute atomic E-state index is 5.76. The van der Waals surface area contributed by atoms with E-state index in [0.29, 0.717) is 4.99 Å². The van der Waals surface area contributed by atoms with Gasteiger partial charge >= 0.3 is 0 Å². The molecule has 1 heterocycles. The number of hydrogen-bond acceptors (Lipinski definition) is 4. The minimum absolute atomic E-state index is 0.455. The molecule has 1 saturated heterocycles.